The number of nitrogens with one attached hydrogen (secondary N) is 1. The fraction of sp³-hybridized carbons (Fsp3) is 1.00. The smallest absolute Gasteiger partial charge is 0.0732 e. The van der Waals surface area contributed by atoms with Crippen molar-refractivity contribution in [3.05, 3.63) is 0 Å². The fourth-order valence-corrected chi connectivity index (χ4v) is 3.18. The van der Waals surface area contributed by atoms with Gasteiger partial charge in [0.2, 0.25) is 0 Å². The van der Waals surface area contributed by atoms with E-state index in [4.69, 9.17) is 4.74 Å². The molecule has 94 valence electrons. The molecule has 2 heteroatoms. The Labute approximate surface area is 100 Å². The summed E-state index contributed by atoms with van der Waals surface area (Å²) in [5.74, 6) is 0.864. The quantitative estimate of drug-likeness (QED) is 0.780. The molecule has 1 heterocycles. The highest BCUT2D eigenvalue weighted by Gasteiger charge is 2.39. The molecular formula is C14H27NO. The van der Waals surface area contributed by atoms with Gasteiger partial charge in [-0.3, -0.25) is 0 Å². The second kappa shape index (κ2) is 4.66. The van der Waals surface area contributed by atoms with Gasteiger partial charge in [-0.05, 0) is 37.5 Å². The first-order valence-electron chi connectivity index (χ1n) is 6.91. The molecular weight excluding hydrogens is 198 g/mol. The van der Waals surface area contributed by atoms with Crippen molar-refractivity contribution < 1.29 is 4.74 Å². The maximum atomic E-state index is 6.02. The Morgan fingerprint density at radius 3 is 2.75 bits per heavy atom. The highest BCUT2D eigenvalue weighted by atomic mass is 16.5. The minimum atomic E-state index is 0.400. The van der Waals surface area contributed by atoms with Crippen molar-refractivity contribution in [2.45, 2.75) is 71.6 Å². The standard InChI is InChI=1S/C14H27NO/c1-5-14(3,4)11-6-7-13-12(8-11)15-9-10(2)16-13/h10-13,15H,5-9H2,1-4H3. The van der Waals surface area contributed by atoms with Crippen molar-refractivity contribution in [2.24, 2.45) is 11.3 Å². The summed E-state index contributed by atoms with van der Waals surface area (Å²) < 4.78 is 6.02. The first kappa shape index (κ1) is 12.4. The molecule has 4 unspecified atom stereocenters. The molecule has 2 rings (SSSR count). The molecule has 0 bridgehead atoms. The van der Waals surface area contributed by atoms with Crippen LogP contribution in [0.15, 0.2) is 0 Å². The van der Waals surface area contributed by atoms with Gasteiger partial charge in [0.15, 0.2) is 0 Å². The van der Waals surface area contributed by atoms with E-state index in [1.54, 1.807) is 0 Å². The summed E-state index contributed by atoms with van der Waals surface area (Å²) in [7, 11) is 0. The van der Waals surface area contributed by atoms with Crippen LogP contribution in [0.1, 0.15) is 53.4 Å². The van der Waals surface area contributed by atoms with Crippen molar-refractivity contribution >= 4 is 0 Å². The molecule has 1 saturated carbocycles. The van der Waals surface area contributed by atoms with E-state index >= 15 is 0 Å². The normalized spacial score (nSPS) is 40.5. The molecule has 0 aromatic rings. The van der Waals surface area contributed by atoms with Crippen molar-refractivity contribution in [3.8, 4) is 0 Å². The Balaban J connectivity index is 1.96. The highest BCUT2D eigenvalue weighted by molar-refractivity contribution is 4.93. The van der Waals surface area contributed by atoms with Gasteiger partial charge in [0, 0.05) is 12.6 Å². The van der Waals surface area contributed by atoms with Crippen LogP contribution in [0.25, 0.3) is 0 Å². The Bertz CT molecular complexity index is 239. The predicted molar refractivity (Wildman–Crippen MR) is 67.5 cm³/mol. The Morgan fingerprint density at radius 1 is 1.31 bits per heavy atom. The van der Waals surface area contributed by atoms with E-state index in [9.17, 15) is 0 Å². The molecule has 1 aliphatic heterocycles. The van der Waals surface area contributed by atoms with Gasteiger partial charge in [-0.1, -0.05) is 27.2 Å². The van der Waals surface area contributed by atoms with Gasteiger partial charge in [-0.25, -0.2) is 0 Å². The first-order valence-corrected chi connectivity index (χ1v) is 6.91. The third-order valence-corrected chi connectivity index (χ3v) is 4.88. The van der Waals surface area contributed by atoms with Crippen LogP contribution in [-0.4, -0.2) is 24.8 Å². The van der Waals surface area contributed by atoms with Gasteiger partial charge in [0.1, 0.15) is 0 Å². The molecule has 0 aromatic heterocycles. The van der Waals surface area contributed by atoms with Crippen LogP contribution in [0, 0.1) is 11.3 Å². The summed E-state index contributed by atoms with van der Waals surface area (Å²) in [5.41, 5.74) is 0.496. The van der Waals surface area contributed by atoms with Crippen LogP contribution in [0.5, 0.6) is 0 Å². The van der Waals surface area contributed by atoms with Gasteiger partial charge >= 0.3 is 0 Å². The zero-order chi connectivity index (χ0) is 11.8. The average molecular weight is 225 g/mol. The molecule has 2 nitrogen and oxygen atoms in total. The molecule has 1 aliphatic carbocycles. The van der Waals surface area contributed by atoms with E-state index < -0.39 is 0 Å². The largest absolute Gasteiger partial charge is 0.372 e. The summed E-state index contributed by atoms with van der Waals surface area (Å²) in [6.45, 7) is 10.4. The molecule has 1 N–H and O–H groups in total. The third kappa shape index (κ3) is 2.43. The lowest BCUT2D eigenvalue weighted by atomic mass is 9.67. The number of fused-ring (bicyclic) bond motifs is 1. The van der Waals surface area contributed by atoms with E-state index in [1.807, 2.05) is 0 Å². The summed E-state index contributed by atoms with van der Waals surface area (Å²) in [6.07, 6.45) is 6.06. The predicted octanol–water partition coefficient (Wildman–Crippen LogP) is 2.97. The van der Waals surface area contributed by atoms with Gasteiger partial charge in [-0.15, -0.1) is 0 Å². The van der Waals surface area contributed by atoms with Crippen LogP contribution >= 0.6 is 0 Å². The van der Waals surface area contributed by atoms with Crippen LogP contribution in [0.4, 0.5) is 0 Å². The molecule has 4 atom stereocenters. The van der Waals surface area contributed by atoms with Crippen LogP contribution < -0.4 is 5.32 Å². The summed E-state index contributed by atoms with van der Waals surface area (Å²) in [6, 6.07) is 0.612. The van der Waals surface area contributed by atoms with Crippen LogP contribution in [-0.2, 0) is 4.74 Å². The number of hydrogen-bond acceptors (Lipinski definition) is 2. The monoisotopic (exact) mass is 225 g/mol. The number of rotatable bonds is 2. The molecule has 1 saturated heterocycles. The van der Waals surface area contributed by atoms with Gasteiger partial charge in [0.05, 0.1) is 12.2 Å². The molecule has 0 aromatic carbocycles. The van der Waals surface area contributed by atoms with Crippen LogP contribution in [0.2, 0.25) is 0 Å². The average Bonchev–Trinajstić information content (AvgIpc) is 2.28. The van der Waals surface area contributed by atoms with E-state index in [0.717, 1.165) is 12.5 Å². The molecule has 0 amide bonds. The van der Waals surface area contributed by atoms with Crippen molar-refractivity contribution in [3.63, 3.8) is 0 Å². The lowest BCUT2D eigenvalue weighted by Crippen LogP contribution is -2.55. The topological polar surface area (TPSA) is 21.3 Å². The minimum Gasteiger partial charge on any atom is -0.372 e. The summed E-state index contributed by atoms with van der Waals surface area (Å²) in [5, 5.41) is 3.67. The van der Waals surface area contributed by atoms with Crippen LogP contribution in [0.3, 0.4) is 0 Å². The second-order valence-corrected chi connectivity index (χ2v) is 6.35. The summed E-state index contributed by atoms with van der Waals surface area (Å²) in [4.78, 5) is 0. The zero-order valence-electron chi connectivity index (χ0n) is 11.3. The molecule has 2 fully saturated rings. The molecule has 16 heavy (non-hydrogen) atoms. The lowest BCUT2D eigenvalue weighted by Gasteiger charge is -2.46. The Hall–Kier alpha value is -0.0800. The van der Waals surface area contributed by atoms with Gasteiger partial charge in [-0.2, -0.15) is 0 Å². The van der Waals surface area contributed by atoms with E-state index in [2.05, 4.69) is 33.0 Å². The van der Waals surface area contributed by atoms with Crippen molar-refractivity contribution in [1.82, 2.24) is 5.32 Å². The van der Waals surface area contributed by atoms with E-state index in [-0.39, 0.29) is 0 Å². The van der Waals surface area contributed by atoms with E-state index in [0.29, 0.717) is 23.7 Å². The second-order valence-electron chi connectivity index (χ2n) is 6.35. The Kier molecular flexibility index (Phi) is 3.60. The first-order chi connectivity index (χ1) is 7.53. The van der Waals surface area contributed by atoms with Gasteiger partial charge in [0.25, 0.3) is 0 Å². The summed E-state index contributed by atoms with van der Waals surface area (Å²) >= 11 is 0. The zero-order valence-corrected chi connectivity index (χ0v) is 11.3. The van der Waals surface area contributed by atoms with Crippen molar-refractivity contribution in [1.29, 1.82) is 0 Å². The van der Waals surface area contributed by atoms with E-state index in [1.165, 1.54) is 25.7 Å². The minimum absolute atomic E-state index is 0.400. The molecule has 0 spiro atoms. The number of hydrogen-bond donors (Lipinski definition) is 1. The Morgan fingerprint density at radius 2 is 2.06 bits per heavy atom. The highest BCUT2D eigenvalue weighted by Crippen LogP contribution is 2.41. The van der Waals surface area contributed by atoms with Crippen molar-refractivity contribution in [2.75, 3.05) is 6.54 Å². The third-order valence-electron chi connectivity index (χ3n) is 4.88. The SMILES string of the molecule is CCC(C)(C)C1CCC2OC(C)CNC2C1. The molecule has 0 radical (unpaired) electrons. The van der Waals surface area contributed by atoms with Gasteiger partial charge < -0.3 is 10.1 Å². The number of morpholine rings is 1. The molecule has 2 aliphatic rings. The number of ether oxygens (including phenoxy) is 1. The fourth-order valence-electron chi connectivity index (χ4n) is 3.18. The lowest BCUT2D eigenvalue weighted by molar-refractivity contribution is -0.0864. The maximum Gasteiger partial charge on any atom is 0.0732 e. The maximum absolute atomic E-state index is 6.02.